The summed E-state index contributed by atoms with van der Waals surface area (Å²) in [7, 11) is -2.37. The van der Waals surface area contributed by atoms with Crippen molar-refractivity contribution in [3.05, 3.63) is 53.1 Å². The van der Waals surface area contributed by atoms with Gasteiger partial charge >= 0.3 is 0 Å². The number of sulfonamides is 1. The number of likely N-dealkylation sites (N-methyl/N-ethyl adjacent to an activating group) is 1. The van der Waals surface area contributed by atoms with Gasteiger partial charge in [-0.15, -0.1) is 0 Å². The second kappa shape index (κ2) is 9.66. The first-order valence-corrected chi connectivity index (χ1v) is 12.0. The number of halogens is 1. The van der Waals surface area contributed by atoms with Crippen molar-refractivity contribution in [2.45, 2.75) is 19.5 Å². The first kappa shape index (κ1) is 23.7. The van der Waals surface area contributed by atoms with E-state index in [2.05, 4.69) is 5.32 Å². The Morgan fingerprint density at radius 1 is 1.16 bits per heavy atom. The van der Waals surface area contributed by atoms with Crippen LogP contribution in [0.3, 0.4) is 0 Å². The van der Waals surface area contributed by atoms with E-state index in [0.717, 1.165) is 10.6 Å². The van der Waals surface area contributed by atoms with Crippen molar-refractivity contribution < 1.29 is 27.5 Å². The lowest BCUT2D eigenvalue weighted by Gasteiger charge is -2.31. The lowest BCUT2D eigenvalue weighted by Crippen LogP contribution is -2.50. The van der Waals surface area contributed by atoms with Crippen molar-refractivity contribution in [1.82, 2.24) is 10.2 Å². The highest BCUT2D eigenvalue weighted by atomic mass is 35.5. The topological polar surface area (TPSA) is 105 Å². The van der Waals surface area contributed by atoms with Crippen molar-refractivity contribution in [3.8, 4) is 11.5 Å². The summed E-state index contributed by atoms with van der Waals surface area (Å²) in [6.45, 7) is 1.13. The Balaban J connectivity index is 1.92. The Morgan fingerprint density at radius 3 is 2.50 bits per heavy atom. The summed E-state index contributed by atoms with van der Waals surface area (Å²) in [4.78, 5) is 26.9. The molecule has 2 aromatic carbocycles. The minimum absolute atomic E-state index is 0.0336. The number of anilines is 1. The monoisotopic (exact) mass is 481 g/mol. The van der Waals surface area contributed by atoms with Crippen molar-refractivity contribution in [2.24, 2.45) is 0 Å². The van der Waals surface area contributed by atoms with Crippen LogP contribution in [-0.4, -0.2) is 57.8 Å². The van der Waals surface area contributed by atoms with Crippen LogP contribution in [0.2, 0.25) is 5.02 Å². The lowest BCUT2D eigenvalue weighted by molar-refractivity contribution is -0.139. The summed E-state index contributed by atoms with van der Waals surface area (Å²) in [5.41, 5.74) is 0.877. The van der Waals surface area contributed by atoms with Gasteiger partial charge in [-0.1, -0.05) is 29.8 Å². The highest BCUT2D eigenvalue weighted by Gasteiger charge is 2.30. The smallest absolute Gasteiger partial charge is 0.244 e. The fraction of sp³-hybridized carbons (Fsp3) is 0.333. The number of hydrogen-bond donors (Lipinski definition) is 1. The molecule has 2 amide bonds. The normalized spacial score (nSPS) is 13.4. The molecule has 3 rings (SSSR count). The Bertz CT molecular complexity index is 1120. The number of carbonyl (C=O) groups excluding carboxylic acids is 2. The molecule has 9 nitrogen and oxygen atoms in total. The van der Waals surface area contributed by atoms with Gasteiger partial charge in [0.25, 0.3) is 0 Å². The van der Waals surface area contributed by atoms with Crippen molar-refractivity contribution in [2.75, 3.05) is 30.9 Å². The number of amides is 2. The SMILES string of the molecule is CNC(=O)C(C)N(Cc1ccccc1Cl)C(=O)CN(c1ccc2c(c1)OCO2)S(C)(=O)=O. The average molecular weight is 482 g/mol. The molecule has 2 aromatic rings. The van der Waals surface area contributed by atoms with Crippen LogP contribution in [0, 0.1) is 0 Å². The van der Waals surface area contributed by atoms with Crippen molar-refractivity contribution >= 4 is 39.1 Å². The van der Waals surface area contributed by atoms with Gasteiger partial charge in [0.15, 0.2) is 11.5 Å². The predicted molar refractivity (Wildman–Crippen MR) is 120 cm³/mol. The standard InChI is InChI=1S/C21H24ClN3O6S/c1-14(21(27)23-2)24(11-15-6-4-5-7-17(15)22)20(26)12-25(32(3,28)29)16-8-9-18-19(10-16)31-13-30-18/h4-10,14H,11-13H2,1-3H3,(H,23,27). The third-order valence-electron chi connectivity index (χ3n) is 5.04. The van der Waals surface area contributed by atoms with Crippen LogP contribution < -0.4 is 19.1 Å². The Morgan fingerprint density at radius 2 is 1.84 bits per heavy atom. The van der Waals surface area contributed by atoms with Gasteiger partial charge in [-0.05, 0) is 30.7 Å². The molecule has 11 heteroatoms. The number of carbonyl (C=O) groups is 2. The summed E-state index contributed by atoms with van der Waals surface area (Å²) in [5.74, 6) is -0.0825. The first-order chi connectivity index (χ1) is 15.1. The van der Waals surface area contributed by atoms with Gasteiger partial charge in [-0.25, -0.2) is 8.42 Å². The molecule has 0 spiro atoms. The van der Waals surface area contributed by atoms with Crippen LogP contribution in [0.1, 0.15) is 12.5 Å². The molecular weight excluding hydrogens is 458 g/mol. The molecule has 1 N–H and O–H groups in total. The van der Waals surface area contributed by atoms with E-state index in [1.165, 1.54) is 24.1 Å². The molecule has 1 heterocycles. The molecule has 172 valence electrons. The number of benzene rings is 2. The summed E-state index contributed by atoms with van der Waals surface area (Å²) in [6.07, 6.45) is 1.01. The van der Waals surface area contributed by atoms with Crippen LogP contribution in [-0.2, 0) is 26.2 Å². The molecule has 0 aromatic heterocycles. The first-order valence-electron chi connectivity index (χ1n) is 9.73. The Hall–Kier alpha value is -2.98. The average Bonchev–Trinajstić information content (AvgIpc) is 3.22. The molecule has 0 saturated carbocycles. The zero-order valence-electron chi connectivity index (χ0n) is 17.9. The molecule has 0 fully saturated rings. The molecule has 1 atom stereocenters. The van der Waals surface area contributed by atoms with Gasteiger partial charge in [0.05, 0.1) is 11.9 Å². The van der Waals surface area contributed by atoms with Gasteiger partial charge in [0.1, 0.15) is 12.6 Å². The maximum absolute atomic E-state index is 13.3. The van der Waals surface area contributed by atoms with E-state index in [1.807, 2.05) is 0 Å². The van der Waals surface area contributed by atoms with Gasteiger partial charge in [-0.3, -0.25) is 13.9 Å². The van der Waals surface area contributed by atoms with E-state index in [0.29, 0.717) is 22.1 Å². The summed E-state index contributed by atoms with van der Waals surface area (Å²) < 4.78 is 36.6. The zero-order valence-corrected chi connectivity index (χ0v) is 19.4. The van der Waals surface area contributed by atoms with E-state index in [9.17, 15) is 18.0 Å². The van der Waals surface area contributed by atoms with E-state index in [-0.39, 0.29) is 24.9 Å². The second-order valence-electron chi connectivity index (χ2n) is 7.21. The maximum Gasteiger partial charge on any atom is 0.244 e. The molecule has 32 heavy (non-hydrogen) atoms. The quantitative estimate of drug-likeness (QED) is 0.618. The molecule has 1 aliphatic heterocycles. The number of fused-ring (bicyclic) bond motifs is 1. The van der Waals surface area contributed by atoms with Crippen LogP contribution in [0.5, 0.6) is 11.5 Å². The number of rotatable bonds is 8. The van der Waals surface area contributed by atoms with Gasteiger partial charge in [0.2, 0.25) is 28.6 Å². The van der Waals surface area contributed by atoms with Crippen LogP contribution in [0.15, 0.2) is 42.5 Å². The molecular formula is C21H24ClN3O6S. The van der Waals surface area contributed by atoms with Crippen molar-refractivity contribution in [3.63, 3.8) is 0 Å². The third-order valence-corrected chi connectivity index (χ3v) is 6.54. The van der Waals surface area contributed by atoms with E-state index >= 15 is 0 Å². The highest BCUT2D eigenvalue weighted by molar-refractivity contribution is 7.92. The minimum atomic E-state index is -3.83. The summed E-state index contributed by atoms with van der Waals surface area (Å²) in [6, 6.07) is 10.7. The fourth-order valence-corrected chi connectivity index (χ4v) is 4.29. The second-order valence-corrected chi connectivity index (χ2v) is 9.52. The molecule has 1 aliphatic rings. The van der Waals surface area contributed by atoms with E-state index in [4.69, 9.17) is 21.1 Å². The predicted octanol–water partition coefficient (Wildman–Crippen LogP) is 2.00. The molecule has 0 saturated heterocycles. The van der Waals surface area contributed by atoms with E-state index in [1.54, 1.807) is 37.3 Å². The van der Waals surface area contributed by atoms with Crippen molar-refractivity contribution in [1.29, 1.82) is 0 Å². The van der Waals surface area contributed by atoms with Crippen LogP contribution in [0.25, 0.3) is 0 Å². The highest BCUT2D eigenvalue weighted by Crippen LogP contribution is 2.36. The molecule has 0 aliphatic carbocycles. The number of nitrogens with one attached hydrogen (secondary N) is 1. The lowest BCUT2D eigenvalue weighted by atomic mass is 10.1. The number of ether oxygens (including phenoxy) is 2. The third kappa shape index (κ3) is 5.25. The van der Waals surface area contributed by atoms with Gasteiger partial charge in [-0.2, -0.15) is 0 Å². The largest absolute Gasteiger partial charge is 0.454 e. The Labute approximate surface area is 191 Å². The minimum Gasteiger partial charge on any atom is -0.454 e. The van der Waals surface area contributed by atoms with E-state index < -0.39 is 28.5 Å². The summed E-state index contributed by atoms with van der Waals surface area (Å²) in [5, 5.41) is 2.95. The zero-order chi connectivity index (χ0) is 23.5. The van der Waals surface area contributed by atoms with Gasteiger partial charge < -0.3 is 19.7 Å². The molecule has 0 radical (unpaired) electrons. The molecule has 0 bridgehead atoms. The van der Waals surface area contributed by atoms with Crippen LogP contribution >= 0.6 is 11.6 Å². The van der Waals surface area contributed by atoms with Crippen LogP contribution in [0.4, 0.5) is 5.69 Å². The summed E-state index contributed by atoms with van der Waals surface area (Å²) >= 11 is 6.25. The van der Waals surface area contributed by atoms with Gasteiger partial charge in [0, 0.05) is 24.7 Å². The number of hydrogen-bond acceptors (Lipinski definition) is 6. The Kier molecular flexibility index (Phi) is 7.15. The maximum atomic E-state index is 13.3. The fourth-order valence-electron chi connectivity index (χ4n) is 3.26. The number of nitrogens with zero attached hydrogens (tertiary/aromatic N) is 2. The molecule has 1 unspecified atom stereocenters.